The van der Waals surface area contributed by atoms with Crippen molar-refractivity contribution >= 4 is 12.1 Å². The normalized spacial score (nSPS) is 8.87. The van der Waals surface area contributed by atoms with Crippen molar-refractivity contribution in [3.8, 4) is 0 Å². The van der Waals surface area contributed by atoms with Crippen LogP contribution in [-0.4, -0.2) is 72.8 Å². The van der Waals surface area contributed by atoms with Gasteiger partial charge in [0.05, 0.1) is 26.3 Å². The Balaban J connectivity index is 0. The highest BCUT2D eigenvalue weighted by Crippen LogP contribution is 1.76. The molecule has 0 unspecified atom stereocenters. The SMILES string of the molecule is COCCN(N)C(N)=O.COCCN(N)C(N)=O.c1cn[nH]c1. The Labute approximate surface area is 134 Å². The van der Waals surface area contributed by atoms with Crippen LogP contribution in [0.15, 0.2) is 18.5 Å². The van der Waals surface area contributed by atoms with Gasteiger partial charge in [-0.3, -0.25) is 15.1 Å². The van der Waals surface area contributed by atoms with Crippen molar-refractivity contribution in [3.63, 3.8) is 0 Å². The molecule has 0 aromatic carbocycles. The van der Waals surface area contributed by atoms with Crippen LogP contribution in [0.2, 0.25) is 0 Å². The number of carbonyl (C=O) groups is 2. The molecule has 0 aliphatic carbocycles. The second-order valence-electron chi connectivity index (χ2n) is 3.82. The highest BCUT2D eigenvalue weighted by atomic mass is 16.5. The lowest BCUT2D eigenvalue weighted by molar-refractivity contribution is 0.154. The van der Waals surface area contributed by atoms with E-state index in [1.54, 1.807) is 12.4 Å². The third-order valence-corrected chi connectivity index (χ3v) is 2.04. The van der Waals surface area contributed by atoms with Gasteiger partial charge >= 0.3 is 12.1 Å². The van der Waals surface area contributed by atoms with Crippen LogP contribution in [0, 0.1) is 0 Å². The number of hydrazine groups is 2. The minimum Gasteiger partial charge on any atom is -0.383 e. The van der Waals surface area contributed by atoms with Gasteiger partial charge in [0.2, 0.25) is 0 Å². The van der Waals surface area contributed by atoms with E-state index >= 15 is 0 Å². The smallest absolute Gasteiger partial charge is 0.328 e. The number of nitrogens with one attached hydrogen (secondary N) is 1. The van der Waals surface area contributed by atoms with E-state index in [1.165, 1.54) is 14.2 Å². The van der Waals surface area contributed by atoms with E-state index in [0.29, 0.717) is 26.3 Å². The molecule has 0 aliphatic heterocycles. The zero-order valence-electron chi connectivity index (χ0n) is 13.3. The molecular formula is C11H26N8O4. The maximum Gasteiger partial charge on any atom is 0.328 e. The fourth-order valence-electron chi connectivity index (χ4n) is 0.815. The van der Waals surface area contributed by atoms with Crippen LogP contribution >= 0.6 is 0 Å². The maximum atomic E-state index is 10.2. The average molecular weight is 334 g/mol. The fourth-order valence-corrected chi connectivity index (χ4v) is 0.815. The third-order valence-electron chi connectivity index (χ3n) is 2.04. The number of hydrogen-bond donors (Lipinski definition) is 5. The molecule has 0 atom stereocenters. The van der Waals surface area contributed by atoms with E-state index in [9.17, 15) is 9.59 Å². The molecule has 0 spiro atoms. The number of nitrogens with zero attached hydrogens (tertiary/aromatic N) is 3. The summed E-state index contributed by atoms with van der Waals surface area (Å²) >= 11 is 0. The Bertz CT molecular complexity index is 348. The molecule has 12 nitrogen and oxygen atoms in total. The summed E-state index contributed by atoms with van der Waals surface area (Å²) in [5.41, 5.74) is 9.57. The number of methoxy groups -OCH3 is 2. The Morgan fingerprint density at radius 3 is 1.65 bits per heavy atom. The fraction of sp³-hybridized carbons (Fsp3) is 0.545. The molecule has 0 radical (unpaired) electrons. The van der Waals surface area contributed by atoms with Crippen molar-refractivity contribution < 1.29 is 19.1 Å². The number of aromatic nitrogens is 2. The summed E-state index contributed by atoms with van der Waals surface area (Å²) in [5.74, 6) is 10.2. The van der Waals surface area contributed by atoms with Crippen molar-refractivity contribution in [2.75, 3.05) is 40.5 Å². The first kappa shape index (κ1) is 22.9. The van der Waals surface area contributed by atoms with Gasteiger partial charge in [-0.05, 0) is 6.07 Å². The third kappa shape index (κ3) is 17.5. The molecule has 1 rings (SSSR count). The van der Waals surface area contributed by atoms with Gasteiger partial charge in [-0.15, -0.1) is 0 Å². The van der Waals surface area contributed by atoms with Gasteiger partial charge in [-0.2, -0.15) is 5.10 Å². The summed E-state index contributed by atoms with van der Waals surface area (Å²) in [6, 6.07) is 0.541. The largest absolute Gasteiger partial charge is 0.383 e. The van der Waals surface area contributed by atoms with Crippen LogP contribution < -0.4 is 23.2 Å². The summed E-state index contributed by atoms with van der Waals surface area (Å²) < 4.78 is 9.27. The molecule has 23 heavy (non-hydrogen) atoms. The first-order valence-electron chi connectivity index (χ1n) is 6.41. The van der Waals surface area contributed by atoms with Crippen LogP contribution in [-0.2, 0) is 9.47 Å². The van der Waals surface area contributed by atoms with E-state index < -0.39 is 12.1 Å². The highest BCUT2D eigenvalue weighted by Gasteiger charge is 2.01. The molecule has 12 heteroatoms. The summed E-state index contributed by atoms with van der Waals surface area (Å²) in [5, 5.41) is 7.99. The Hall–Kier alpha value is -2.41. The van der Waals surface area contributed by atoms with Crippen LogP contribution in [0.3, 0.4) is 0 Å². The number of H-pyrrole nitrogens is 1. The number of rotatable bonds is 6. The van der Waals surface area contributed by atoms with Crippen LogP contribution in [0.5, 0.6) is 0 Å². The van der Waals surface area contributed by atoms with Crippen molar-refractivity contribution in [1.82, 2.24) is 20.2 Å². The van der Waals surface area contributed by atoms with Crippen LogP contribution in [0.4, 0.5) is 9.59 Å². The molecule has 9 N–H and O–H groups in total. The van der Waals surface area contributed by atoms with Gasteiger partial charge < -0.3 is 20.9 Å². The van der Waals surface area contributed by atoms with E-state index in [-0.39, 0.29) is 0 Å². The number of nitrogens with two attached hydrogens (primary N) is 4. The molecule has 0 saturated heterocycles. The number of urea groups is 2. The number of hydrogen-bond acceptors (Lipinski definition) is 7. The second-order valence-corrected chi connectivity index (χ2v) is 3.82. The summed E-state index contributed by atoms with van der Waals surface area (Å²) in [6.45, 7) is 1.45. The molecule has 0 saturated carbocycles. The quantitative estimate of drug-likeness (QED) is 0.230. The molecule has 134 valence electrons. The number of primary amides is 2. The van der Waals surface area contributed by atoms with E-state index in [1.807, 2.05) is 6.07 Å². The van der Waals surface area contributed by atoms with Crippen molar-refractivity contribution in [1.29, 1.82) is 0 Å². The molecule has 0 fully saturated rings. The molecule has 1 aromatic heterocycles. The molecule has 0 bridgehead atoms. The van der Waals surface area contributed by atoms with E-state index in [4.69, 9.17) is 23.2 Å². The van der Waals surface area contributed by atoms with Crippen molar-refractivity contribution in [2.45, 2.75) is 0 Å². The lowest BCUT2D eigenvalue weighted by Crippen LogP contribution is -2.43. The topological polar surface area (TPSA) is 192 Å². The monoisotopic (exact) mass is 334 g/mol. The predicted octanol–water partition coefficient (Wildman–Crippen LogP) is -1.82. The summed E-state index contributed by atoms with van der Waals surface area (Å²) in [4.78, 5) is 20.3. The van der Waals surface area contributed by atoms with Gasteiger partial charge in [0.15, 0.2) is 0 Å². The summed E-state index contributed by atoms with van der Waals surface area (Å²) in [6.07, 6.45) is 3.46. The van der Waals surface area contributed by atoms with Crippen LogP contribution in [0.1, 0.15) is 0 Å². The molecule has 1 aromatic rings. The minimum absolute atomic E-state index is 0.325. The second kappa shape index (κ2) is 16.0. The standard InChI is InChI=1S/2C4H11N3O2.C3H4N2/c2*1-9-3-2-7(6)4(5)8;1-2-4-5-3-1/h2*2-3,6H2,1H3,(H2,5,8);1-3H,(H,4,5). The van der Waals surface area contributed by atoms with Crippen molar-refractivity contribution in [3.05, 3.63) is 18.5 Å². The van der Waals surface area contributed by atoms with Gasteiger partial charge in [-0.1, -0.05) is 0 Å². The van der Waals surface area contributed by atoms with Gasteiger partial charge in [0.25, 0.3) is 0 Å². The Morgan fingerprint density at radius 1 is 1.04 bits per heavy atom. The number of carbonyl (C=O) groups excluding carboxylic acids is 2. The van der Waals surface area contributed by atoms with Gasteiger partial charge in [0, 0.05) is 26.6 Å². The van der Waals surface area contributed by atoms with Gasteiger partial charge in [-0.25, -0.2) is 21.3 Å². The maximum absolute atomic E-state index is 10.2. The Kier molecular flexibility index (Phi) is 15.9. The lowest BCUT2D eigenvalue weighted by Gasteiger charge is -2.11. The lowest BCUT2D eigenvalue weighted by atomic mass is 10.6. The molecule has 4 amide bonds. The van der Waals surface area contributed by atoms with Gasteiger partial charge in [0.1, 0.15) is 0 Å². The first-order chi connectivity index (χ1) is 10.9. The molecular weight excluding hydrogens is 308 g/mol. The first-order valence-corrected chi connectivity index (χ1v) is 6.41. The highest BCUT2D eigenvalue weighted by molar-refractivity contribution is 5.71. The number of aromatic amines is 1. The number of amides is 4. The average Bonchev–Trinajstić information content (AvgIpc) is 3.10. The van der Waals surface area contributed by atoms with E-state index in [0.717, 1.165) is 10.0 Å². The summed E-state index contributed by atoms with van der Waals surface area (Å²) in [7, 11) is 3.05. The molecule has 0 aliphatic rings. The zero-order chi connectivity index (χ0) is 18.1. The Morgan fingerprint density at radius 2 is 1.48 bits per heavy atom. The predicted molar refractivity (Wildman–Crippen MR) is 83.3 cm³/mol. The van der Waals surface area contributed by atoms with E-state index in [2.05, 4.69) is 19.7 Å². The number of ether oxygens (including phenoxy) is 2. The van der Waals surface area contributed by atoms with Crippen LogP contribution in [0.25, 0.3) is 0 Å². The molecule has 1 heterocycles. The zero-order valence-corrected chi connectivity index (χ0v) is 13.3. The van der Waals surface area contributed by atoms with Crippen molar-refractivity contribution in [2.24, 2.45) is 23.2 Å². The minimum atomic E-state index is -0.646.